The number of hydrogen-bond acceptors (Lipinski definition) is 2. The first-order chi connectivity index (χ1) is 13.7. The average molecular weight is 417 g/mol. The number of thiophene rings is 2. The van der Waals surface area contributed by atoms with Crippen LogP contribution in [0.25, 0.3) is 12.2 Å². The van der Waals surface area contributed by atoms with Gasteiger partial charge < -0.3 is 0 Å². The molecule has 0 aromatic carbocycles. The Balaban J connectivity index is 2.23. The largest absolute Gasteiger partial charge is 0.144 e. The van der Waals surface area contributed by atoms with Crippen LogP contribution in [0, 0.1) is 0 Å². The molecule has 2 rings (SSSR count). The van der Waals surface area contributed by atoms with E-state index < -0.39 is 0 Å². The predicted octanol–water partition coefficient (Wildman–Crippen LogP) is 9.35. The zero-order valence-electron chi connectivity index (χ0n) is 18.6. The summed E-state index contributed by atoms with van der Waals surface area (Å²) in [7, 11) is 0. The summed E-state index contributed by atoms with van der Waals surface area (Å²) in [6.07, 6.45) is 20.2. The van der Waals surface area contributed by atoms with E-state index in [-0.39, 0.29) is 0 Å². The SMILES string of the molecule is CCCCc1csc(/C=C/c2scc(CCCC)c2CCCC)c1CCCC. The molecule has 0 amide bonds. The van der Waals surface area contributed by atoms with Gasteiger partial charge in [0.2, 0.25) is 0 Å². The molecule has 28 heavy (non-hydrogen) atoms. The van der Waals surface area contributed by atoms with E-state index in [0.717, 1.165) is 0 Å². The molecule has 0 atom stereocenters. The van der Waals surface area contributed by atoms with Gasteiger partial charge in [0, 0.05) is 9.75 Å². The monoisotopic (exact) mass is 416 g/mol. The van der Waals surface area contributed by atoms with Gasteiger partial charge in [-0.25, -0.2) is 0 Å². The van der Waals surface area contributed by atoms with Crippen LogP contribution in [0.2, 0.25) is 0 Å². The molecular formula is C26H40S2. The lowest BCUT2D eigenvalue weighted by molar-refractivity contribution is 0.761. The van der Waals surface area contributed by atoms with Gasteiger partial charge in [-0.1, -0.05) is 53.4 Å². The van der Waals surface area contributed by atoms with Crippen LogP contribution in [0.1, 0.15) is 111 Å². The highest BCUT2D eigenvalue weighted by molar-refractivity contribution is 7.12. The third-order valence-electron chi connectivity index (χ3n) is 5.57. The maximum Gasteiger partial charge on any atom is 0.0305 e. The minimum atomic E-state index is 1.24. The molecule has 2 aromatic rings. The second-order valence-corrected chi connectivity index (χ2v) is 9.78. The summed E-state index contributed by atoms with van der Waals surface area (Å²) in [6.45, 7) is 9.20. The van der Waals surface area contributed by atoms with Crippen molar-refractivity contribution in [2.24, 2.45) is 0 Å². The summed E-state index contributed by atoms with van der Waals surface area (Å²) < 4.78 is 0. The topological polar surface area (TPSA) is 0 Å². The molecule has 2 heterocycles. The van der Waals surface area contributed by atoms with Gasteiger partial charge in [0.1, 0.15) is 0 Å². The Bertz CT molecular complexity index is 642. The predicted molar refractivity (Wildman–Crippen MR) is 132 cm³/mol. The molecular weight excluding hydrogens is 376 g/mol. The molecule has 2 heteroatoms. The summed E-state index contributed by atoms with van der Waals surface area (Å²) in [5.74, 6) is 0. The Morgan fingerprint density at radius 1 is 0.571 bits per heavy atom. The molecule has 0 aliphatic rings. The number of hydrogen-bond donors (Lipinski definition) is 0. The van der Waals surface area contributed by atoms with Crippen molar-refractivity contribution in [2.45, 2.75) is 105 Å². The van der Waals surface area contributed by atoms with Gasteiger partial charge in [0.05, 0.1) is 0 Å². The molecule has 2 aromatic heterocycles. The molecule has 0 nitrogen and oxygen atoms in total. The molecule has 156 valence electrons. The number of rotatable bonds is 14. The van der Waals surface area contributed by atoms with E-state index in [4.69, 9.17) is 0 Å². The summed E-state index contributed by atoms with van der Waals surface area (Å²) in [6, 6.07) is 0. The standard InChI is InChI=1S/C26H40S2/c1-5-9-13-21-19-27-25(23(21)15-11-7-3)17-18-26-24(16-12-8-4)22(20-28-26)14-10-6-2/h17-20H,5-16H2,1-4H3/b18-17+. The fourth-order valence-electron chi connectivity index (χ4n) is 3.73. The minimum absolute atomic E-state index is 1.24. The van der Waals surface area contributed by atoms with Gasteiger partial charge in [0.15, 0.2) is 0 Å². The van der Waals surface area contributed by atoms with Crippen molar-refractivity contribution in [3.05, 3.63) is 42.8 Å². The van der Waals surface area contributed by atoms with Gasteiger partial charge in [-0.2, -0.15) is 0 Å². The molecule has 0 spiro atoms. The van der Waals surface area contributed by atoms with Crippen LogP contribution in [0.4, 0.5) is 0 Å². The molecule has 0 radical (unpaired) electrons. The third-order valence-corrected chi connectivity index (χ3v) is 7.65. The molecule has 0 N–H and O–H groups in total. The lowest BCUT2D eigenvalue weighted by Gasteiger charge is -2.06. The summed E-state index contributed by atoms with van der Waals surface area (Å²) in [5, 5.41) is 4.86. The Morgan fingerprint density at radius 2 is 0.929 bits per heavy atom. The first-order valence-electron chi connectivity index (χ1n) is 11.6. The van der Waals surface area contributed by atoms with Crippen LogP contribution in [0.3, 0.4) is 0 Å². The van der Waals surface area contributed by atoms with E-state index in [0.29, 0.717) is 0 Å². The molecule has 0 unspecified atom stereocenters. The third kappa shape index (κ3) is 6.88. The Labute approximate surface area is 182 Å². The second-order valence-electron chi connectivity index (χ2n) is 7.96. The van der Waals surface area contributed by atoms with Crippen molar-refractivity contribution >= 4 is 34.8 Å². The van der Waals surface area contributed by atoms with Crippen LogP contribution < -0.4 is 0 Å². The molecule has 0 aliphatic heterocycles. The fourth-order valence-corrected chi connectivity index (χ4v) is 5.83. The van der Waals surface area contributed by atoms with E-state index in [1.807, 2.05) is 22.7 Å². The minimum Gasteiger partial charge on any atom is -0.144 e. The molecule has 0 bridgehead atoms. The highest BCUT2D eigenvalue weighted by Gasteiger charge is 2.12. The smallest absolute Gasteiger partial charge is 0.0305 e. The Morgan fingerprint density at radius 3 is 1.29 bits per heavy atom. The molecule has 0 saturated carbocycles. The van der Waals surface area contributed by atoms with Gasteiger partial charge in [-0.3, -0.25) is 0 Å². The van der Waals surface area contributed by atoms with Gasteiger partial charge in [-0.05, 0) is 96.5 Å². The zero-order chi connectivity index (χ0) is 20.2. The molecule has 0 fully saturated rings. The van der Waals surface area contributed by atoms with Crippen LogP contribution in [0.5, 0.6) is 0 Å². The first-order valence-corrected chi connectivity index (χ1v) is 13.4. The van der Waals surface area contributed by atoms with E-state index in [9.17, 15) is 0 Å². The molecule has 0 aliphatic carbocycles. The lowest BCUT2D eigenvalue weighted by atomic mass is 9.99. The van der Waals surface area contributed by atoms with Crippen LogP contribution in [0.15, 0.2) is 10.8 Å². The summed E-state index contributed by atoms with van der Waals surface area (Å²) >= 11 is 3.92. The zero-order valence-corrected chi connectivity index (χ0v) is 20.2. The van der Waals surface area contributed by atoms with E-state index in [1.54, 1.807) is 22.3 Å². The lowest BCUT2D eigenvalue weighted by Crippen LogP contribution is -1.93. The fraction of sp³-hybridized carbons (Fsp3) is 0.615. The summed E-state index contributed by atoms with van der Waals surface area (Å²) in [5.41, 5.74) is 6.49. The average Bonchev–Trinajstić information content (AvgIpc) is 3.28. The summed E-state index contributed by atoms with van der Waals surface area (Å²) in [4.78, 5) is 3.01. The maximum absolute atomic E-state index is 2.43. The van der Waals surface area contributed by atoms with Crippen molar-refractivity contribution in [3.63, 3.8) is 0 Å². The van der Waals surface area contributed by atoms with Crippen LogP contribution >= 0.6 is 22.7 Å². The normalized spacial score (nSPS) is 11.7. The first kappa shape index (κ1) is 23.4. The van der Waals surface area contributed by atoms with Crippen molar-refractivity contribution < 1.29 is 0 Å². The maximum atomic E-state index is 2.43. The van der Waals surface area contributed by atoms with Gasteiger partial charge in [0.25, 0.3) is 0 Å². The quantitative estimate of drug-likeness (QED) is 0.288. The highest BCUT2D eigenvalue weighted by atomic mass is 32.1. The molecule has 0 saturated heterocycles. The van der Waals surface area contributed by atoms with Crippen molar-refractivity contribution in [1.82, 2.24) is 0 Å². The van der Waals surface area contributed by atoms with Crippen molar-refractivity contribution in [1.29, 1.82) is 0 Å². The van der Waals surface area contributed by atoms with E-state index in [2.05, 4.69) is 50.6 Å². The second kappa shape index (κ2) is 13.4. The van der Waals surface area contributed by atoms with E-state index in [1.165, 1.54) is 86.8 Å². The van der Waals surface area contributed by atoms with Crippen molar-refractivity contribution in [2.75, 3.05) is 0 Å². The van der Waals surface area contributed by atoms with Gasteiger partial charge >= 0.3 is 0 Å². The van der Waals surface area contributed by atoms with E-state index >= 15 is 0 Å². The number of unbranched alkanes of at least 4 members (excludes halogenated alkanes) is 4. The highest BCUT2D eigenvalue weighted by Crippen LogP contribution is 2.31. The van der Waals surface area contributed by atoms with Gasteiger partial charge in [-0.15, -0.1) is 22.7 Å². The van der Waals surface area contributed by atoms with Crippen LogP contribution in [-0.2, 0) is 25.7 Å². The van der Waals surface area contributed by atoms with Crippen molar-refractivity contribution in [3.8, 4) is 0 Å². The number of aryl methyl sites for hydroxylation is 2. The van der Waals surface area contributed by atoms with Crippen LogP contribution in [-0.4, -0.2) is 0 Å². The Hall–Kier alpha value is -0.860. The Kier molecular flexibility index (Phi) is 11.2.